The van der Waals surface area contributed by atoms with E-state index in [1.807, 2.05) is 6.07 Å². The Kier molecular flexibility index (Phi) is 4.51. The van der Waals surface area contributed by atoms with Gasteiger partial charge in [-0.25, -0.2) is 0 Å². The van der Waals surface area contributed by atoms with Crippen LogP contribution < -0.4 is 8.92 Å². The van der Waals surface area contributed by atoms with E-state index < -0.39 is 10.1 Å². The molecule has 5 nitrogen and oxygen atoms in total. The third-order valence-electron chi connectivity index (χ3n) is 3.14. The molecule has 0 N–H and O–H groups in total. The highest BCUT2D eigenvalue weighted by atomic mass is 32.2. The van der Waals surface area contributed by atoms with Crippen LogP contribution in [0.5, 0.6) is 11.5 Å². The quantitative estimate of drug-likeness (QED) is 0.626. The minimum atomic E-state index is -3.99. The van der Waals surface area contributed by atoms with Crippen LogP contribution in [0.3, 0.4) is 0 Å². The molecule has 0 bridgehead atoms. The number of hydrogen-bond acceptors (Lipinski definition) is 5. The first-order valence-corrected chi connectivity index (χ1v) is 7.93. The largest absolute Gasteiger partial charge is 0.493 e. The van der Waals surface area contributed by atoms with Gasteiger partial charge in [-0.05, 0) is 49.2 Å². The van der Waals surface area contributed by atoms with Crippen molar-refractivity contribution in [3.05, 3.63) is 53.1 Å². The Morgan fingerprint density at radius 1 is 1.00 bits per heavy atom. The molecule has 0 fully saturated rings. The topological polar surface area (TPSA) is 69.7 Å². The van der Waals surface area contributed by atoms with Crippen LogP contribution in [0.4, 0.5) is 0 Å². The van der Waals surface area contributed by atoms with Gasteiger partial charge in [-0.1, -0.05) is 12.1 Å². The number of hydrogen-bond donors (Lipinski definition) is 0. The third kappa shape index (κ3) is 3.28. The average Bonchev–Trinajstić information content (AvgIpc) is 2.49. The molecule has 0 aliphatic heterocycles. The fourth-order valence-corrected chi connectivity index (χ4v) is 3.22. The summed E-state index contributed by atoms with van der Waals surface area (Å²) in [6, 6.07) is 9.37. The molecule has 0 atom stereocenters. The van der Waals surface area contributed by atoms with Gasteiger partial charge in [-0.15, -0.1) is 0 Å². The molecule has 0 heterocycles. The van der Waals surface area contributed by atoms with Crippen LogP contribution in [0, 0.1) is 13.8 Å². The van der Waals surface area contributed by atoms with E-state index in [-0.39, 0.29) is 16.4 Å². The summed E-state index contributed by atoms with van der Waals surface area (Å²) < 4.78 is 35.2. The Labute approximate surface area is 129 Å². The number of carbonyl (C=O) groups is 1. The van der Waals surface area contributed by atoms with Crippen LogP contribution in [0.2, 0.25) is 0 Å². The number of carbonyl (C=O) groups excluding carboxylic acids is 1. The molecule has 0 unspecified atom stereocenters. The van der Waals surface area contributed by atoms with E-state index >= 15 is 0 Å². The molecule has 0 saturated carbocycles. The van der Waals surface area contributed by atoms with Crippen LogP contribution in [0.15, 0.2) is 41.3 Å². The van der Waals surface area contributed by atoms with Crippen molar-refractivity contribution in [3.63, 3.8) is 0 Å². The van der Waals surface area contributed by atoms with Crippen molar-refractivity contribution in [2.45, 2.75) is 18.7 Å². The number of ether oxygens (including phenoxy) is 1. The molecule has 0 aliphatic carbocycles. The van der Waals surface area contributed by atoms with Gasteiger partial charge in [0.25, 0.3) is 0 Å². The molecule has 2 aromatic carbocycles. The van der Waals surface area contributed by atoms with E-state index in [1.165, 1.54) is 25.3 Å². The zero-order valence-electron chi connectivity index (χ0n) is 12.5. The normalized spacial score (nSPS) is 11.0. The fourth-order valence-electron chi connectivity index (χ4n) is 1.97. The standard InChI is InChI=1S/C16H16O5S/c1-11-4-5-12(2)16(8-11)22(18,19)21-14-7-6-13(10-17)9-15(14)20-3/h4-10H,1-3H3. The van der Waals surface area contributed by atoms with E-state index in [9.17, 15) is 13.2 Å². The molecule has 0 saturated heterocycles. The van der Waals surface area contributed by atoms with Gasteiger partial charge in [-0.3, -0.25) is 4.79 Å². The molecule has 0 aliphatic rings. The average molecular weight is 320 g/mol. The second-order valence-electron chi connectivity index (χ2n) is 4.83. The molecule has 116 valence electrons. The molecule has 0 amide bonds. The van der Waals surface area contributed by atoms with Crippen LogP contribution in [-0.4, -0.2) is 21.8 Å². The number of methoxy groups -OCH3 is 1. The number of benzene rings is 2. The van der Waals surface area contributed by atoms with Gasteiger partial charge in [-0.2, -0.15) is 8.42 Å². The minimum Gasteiger partial charge on any atom is -0.493 e. The molecule has 0 spiro atoms. The van der Waals surface area contributed by atoms with Crippen molar-refractivity contribution in [1.82, 2.24) is 0 Å². The Hall–Kier alpha value is -2.34. The number of aryl methyl sites for hydroxylation is 2. The van der Waals surface area contributed by atoms with Crippen molar-refractivity contribution in [2.24, 2.45) is 0 Å². The van der Waals surface area contributed by atoms with Crippen molar-refractivity contribution >= 4 is 16.4 Å². The molecule has 2 rings (SSSR count). The minimum absolute atomic E-state index is 0.0361. The van der Waals surface area contributed by atoms with E-state index in [0.717, 1.165) is 5.56 Å². The second kappa shape index (κ2) is 6.19. The molecular formula is C16H16O5S. The molecule has 2 aromatic rings. The molecular weight excluding hydrogens is 304 g/mol. The number of rotatable bonds is 5. The Balaban J connectivity index is 2.45. The summed E-state index contributed by atoms with van der Waals surface area (Å²) in [5.41, 5.74) is 1.78. The first kappa shape index (κ1) is 16.0. The highest BCUT2D eigenvalue weighted by molar-refractivity contribution is 7.87. The van der Waals surface area contributed by atoms with Crippen molar-refractivity contribution < 1.29 is 22.1 Å². The third-order valence-corrected chi connectivity index (χ3v) is 4.51. The highest BCUT2D eigenvalue weighted by Gasteiger charge is 2.21. The van der Waals surface area contributed by atoms with Gasteiger partial charge >= 0.3 is 10.1 Å². The zero-order chi connectivity index (χ0) is 16.3. The summed E-state index contributed by atoms with van der Waals surface area (Å²) in [4.78, 5) is 10.9. The zero-order valence-corrected chi connectivity index (χ0v) is 13.3. The Bertz CT molecular complexity index is 809. The lowest BCUT2D eigenvalue weighted by atomic mass is 10.2. The van der Waals surface area contributed by atoms with Gasteiger partial charge < -0.3 is 8.92 Å². The van der Waals surface area contributed by atoms with Gasteiger partial charge in [0.2, 0.25) is 0 Å². The summed E-state index contributed by atoms with van der Waals surface area (Å²) in [5.74, 6) is 0.215. The molecule has 22 heavy (non-hydrogen) atoms. The van der Waals surface area contributed by atoms with Crippen LogP contribution in [-0.2, 0) is 10.1 Å². The maximum absolute atomic E-state index is 12.4. The maximum Gasteiger partial charge on any atom is 0.339 e. The highest BCUT2D eigenvalue weighted by Crippen LogP contribution is 2.31. The van der Waals surface area contributed by atoms with E-state index in [2.05, 4.69) is 0 Å². The van der Waals surface area contributed by atoms with Crippen LogP contribution in [0.1, 0.15) is 21.5 Å². The van der Waals surface area contributed by atoms with E-state index in [1.54, 1.807) is 26.0 Å². The first-order chi connectivity index (χ1) is 10.4. The smallest absolute Gasteiger partial charge is 0.339 e. The van der Waals surface area contributed by atoms with Crippen molar-refractivity contribution in [3.8, 4) is 11.5 Å². The van der Waals surface area contributed by atoms with Gasteiger partial charge in [0.05, 0.1) is 7.11 Å². The Morgan fingerprint density at radius 2 is 1.73 bits per heavy atom. The lowest BCUT2D eigenvalue weighted by molar-refractivity contribution is 0.112. The summed E-state index contributed by atoms with van der Waals surface area (Å²) in [5, 5.41) is 0. The van der Waals surface area contributed by atoms with E-state index in [4.69, 9.17) is 8.92 Å². The second-order valence-corrected chi connectivity index (χ2v) is 6.35. The van der Waals surface area contributed by atoms with Crippen molar-refractivity contribution in [2.75, 3.05) is 7.11 Å². The number of aldehydes is 1. The predicted molar refractivity (Wildman–Crippen MR) is 82.1 cm³/mol. The first-order valence-electron chi connectivity index (χ1n) is 6.52. The van der Waals surface area contributed by atoms with Gasteiger partial charge in [0.15, 0.2) is 11.5 Å². The monoisotopic (exact) mass is 320 g/mol. The summed E-state index contributed by atoms with van der Waals surface area (Å²) in [6.07, 6.45) is 0.644. The van der Waals surface area contributed by atoms with E-state index in [0.29, 0.717) is 17.4 Å². The Morgan fingerprint density at radius 3 is 2.36 bits per heavy atom. The summed E-state index contributed by atoms with van der Waals surface area (Å²) in [6.45, 7) is 3.50. The SMILES string of the molecule is COc1cc(C=O)ccc1OS(=O)(=O)c1cc(C)ccc1C. The van der Waals surface area contributed by atoms with Crippen LogP contribution in [0.25, 0.3) is 0 Å². The molecule has 0 aromatic heterocycles. The predicted octanol–water partition coefficient (Wildman–Crippen LogP) is 2.89. The lowest BCUT2D eigenvalue weighted by Crippen LogP contribution is -2.12. The molecule has 6 heteroatoms. The maximum atomic E-state index is 12.4. The summed E-state index contributed by atoms with van der Waals surface area (Å²) >= 11 is 0. The lowest BCUT2D eigenvalue weighted by Gasteiger charge is -2.12. The van der Waals surface area contributed by atoms with Gasteiger partial charge in [0.1, 0.15) is 11.2 Å². The van der Waals surface area contributed by atoms with Gasteiger partial charge in [0, 0.05) is 5.56 Å². The van der Waals surface area contributed by atoms with Crippen molar-refractivity contribution in [1.29, 1.82) is 0 Å². The van der Waals surface area contributed by atoms with Crippen LogP contribution >= 0.6 is 0 Å². The molecule has 0 radical (unpaired) electrons. The summed E-state index contributed by atoms with van der Waals surface area (Å²) in [7, 11) is -2.61. The fraction of sp³-hybridized carbons (Fsp3) is 0.188.